The van der Waals surface area contributed by atoms with Crippen LogP contribution in [0.3, 0.4) is 0 Å². The molecule has 4 heteroatoms. The van der Waals surface area contributed by atoms with Crippen molar-refractivity contribution in [2.45, 2.75) is 46.0 Å². The molecule has 1 saturated carbocycles. The molecule has 1 fully saturated rings. The molecule has 1 aliphatic carbocycles. The number of hydrogen-bond acceptors (Lipinski definition) is 3. The lowest BCUT2D eigenvalue weighted by Crippen LogP contribution is -2.18. The van der Waals surface area contributed by atoms with Gasteiger partial charge in [0.15, 0.2) is 0 Å². The molecule has 1 N–H and O–H groups in total. The Morgan fingerprint density at radius 1 is 1.27 bits per heavy atom. The fraction of sp³-hybridized carbons (Fsp3) is 0.409. The highest BCUT2D eigenvalue weighted by Crippen LogP contribution is 2.36. The third kappa shape index (κ3) is 3.12. The van der Waals surface area contributed by atoms with Gasteiger partial charge in [-0.15, -0.1) is 17.8 Å². The predicted octanol–water partition coefficient (Wildman–Crippen LogP) is 5.65. The van der Waals surface area contributed by atoms with E-state index in [0.29, 0.717) is 0 Å². The van der Waals surface area contributed by atoms with Crippen LogP contribution < -0.4 is 5.32 Å². The monoisotopic (exact) mass is 363 g/mol. The van der Waals surface area contributed by atoms with Crippen LogP contribution in [0.25, 0.3) is 16.2 Å². The lowest BCUT2D eigenvalue weighted by molar-refractivity contribution is 0.373. The van der Waals surface area contributed by atoms with Crippen LogP contribution in [0.4, 0.5) is 5.82 Å². The largest absolute Gasteiger partial charge is 0.369 e. The van der Waals surface area contributed by atoms with Crippen LogP contribution in [0.1, 0.15) is 48.9 Å². The molecule has 26 heavy (non-hydrogen) atoms. The highest BCUT2D eigenvalue weighted by atomic mass is 32.1. The standard InChI is InChI=1S/C22H25N3S/c1-4-18-10-11-26-21(18)20-22(23-14-17-8-6-5-7-9-17)25-16(3)12-15(2)13-19(25)24-20/h1,10-13,17,23H,5-9,14H2,2-3H3. The van der Waals surface area contributed by atoms with E-state index in [9.17, 15) is 0 Å². The fourth-order valence-electron chi connectivity index (χ4n) is 4.09. The van der Waals surface area contributed by atoms with E-state index in [2.05, 4.69) is 47.0 Å². The zero-order chi connectivity index (χ0) is 18.1. The van der Waals surface area contributed by atoms with E-state index >= 15 is 0 Å². The molecule has 0 bridgehead atoms. The van der Waals surface area contributed by atoms with Crippen molar-refractivity contribution < 1.29 is 0 Å². The fourth-order valence-corrected chi connectivity index (χ4v) is 4.94. The van der Waals surface area contributed by atoms with Gasteiger partial charge in [-0.05, 0) is 61.7 Å². The lowest BCUT2D eigenvalue weighted by atomic mass is 9.89. The quantitative estimate of drug-likeness (QED) is 0.607. The Labute approximate surface area is 159 Å². The molecule has 0 amide bonds. The van der Waals surface area contributed by atoms with E-state index in [1.54, 1.807) is 11.3 Å². The van der Waals surface area contributed by atoms with Crippen LogP contribution >= 0.6 is 11.3 Å². The first-order valence-corrected chi connectivity index (χ1v) is 10.3. The number of nitrogens with one attached hydrogen (secondary N) is 1. The molecular formula is C22H25N3S. The molecule has 134 valence electrons. The van der Waals surface area contributed by atoms with E-state index < -0.39 is 0 Å². The van der Waals surface area contributed by atoms with Crippen LogP contribution in [0.2, 0.25) is 0 Å². The van der Waals surface area contributed by atoms with Gasteiger partial charge in [-0.25, -0.2) is 4.98 Å². The second kappa shape index (κ2) is 7.17. The summed E-state index contributed by atoms with van der Waals surface area (Å²) >= 11 is 1.67. The summed E-state index contributed by atoms with van der Waals surface area (Å²) in [6.45, 7) is 5.27. The van der Waals surface area contributed by atoms with Gasteiger partial charge in [0.2, 0.25) is 0 Å². The second-order valence-corrected chi connectivity index (χ2v) is 8.29. The summed E-state index contributed by atoms with van der Waals surface area (Å²) < 4.78 is 2.24. The zero-order valence-corrected chi connectivity index (χ0v) is 16.3. The van der Waals surface area contributed by atoms with Crippen molar-refractivity contribution in [2.24, 2.45) is 5.92 Å². The van der Waals surface area contributed by atoms with Crippen molar-refractivity contribution in [3.05, 3.63) is 40.4 Å². The maximum atomic E-state index is 5.72. The second-order valence-electron chi connectivity index (χ2n) is 7.37. The molecular weight excluding hydrogens is 338 g/mol. The number of imidazole rings is 1. The van der Waals surface area contributed by atoms with E-state index in [1.165, 1.54) is 43.4 Å². The minimum Gasteiger partial charge on any atom is -0.369 e. The van der Waals surface area contributed by atoms with Gasteiger partial charge in [0.1, 0.15) is 17.2 Å². The lowest BCUT2D eigenvalue weighted by Gasteiger charge is -2.22. The summed E-state index contributed by atoms with van der Waals surface area (Å²) in [5, 5.41) is 5.80. The summed E-state index contributed by atoms with van der Waals surface area (Å²) in [6, 6.07) is 6.36. The van der Waals surface area contributed by atoms with Crippen LogP contribution in [-0.2, 0) is 0 Å². The molecule has 3 aromatic heterocycles. The third-order valence-electron chi connectivity index (χ3n) is 5.37. The van der Waals surface area contributed by atoms with Crippen LogP contribution in [-0.4, -0.2) is 15.9 Å². The first-order chi connectivity index (χ1) is 12.7. The number of rotatable bonds is 4. The van der Waals surface area contributed by atoms with E-state index in [1.807, 2.05) is 6.07 Å². The van der Waals surface area contributed by atoms with E-state index in [-0.39, 0.29) is 0 Å². The molecule has 0 atom stereocenters. The Hall–Kier alpha value is -2.25. The minimum absolute atomic E-state index is 0.753. The average molecular weight is 364 g/mol. The summed E-state index contributed by atoms with van der Waals surface area (Å²) in [5.74, 6) is 4.65. The van der Waals surface area contributed by atoms with Gasteiger partial charge >= 0.3 is 0 Å². The number of anilines is 1. The van der Waals surface area contributed by atoms with Gasteiger partial charge in [-0.3, -0.25) is 4.40 Å². The summed E-state index contributed by atoms with van der Waals surface area (Å²) in [7, 11) is 0. The van der Waals surface area contributed by atoms with Crippen molar-refractivity contribution >= 4 is 22.8 Å². The number of hydrogen-bond donors (Lipinski definition) is 1. The Kier molecular flexibility index (Phi) is 4.74. The van der Waals surface area contributed by atoms with Crippen molar-refractivity contribution in [3.63, 3.8) is 0 Å². The number of aryl methyl sites for hydroxylation is 2. The number of thiophene rings is 1. The smallest absolute Gasteiger partial charge is 0.139 e. The first kappa shape index (κ1) is 17.2. The number of aromatic nitrogens is 2. The van der Waals surface area contributed by atoms with E-state index in [0.717, 1.165) is 40.1 Å². The SMILES string of the molecule is C#Cc1ccsc1-c1nc2cc(C)cc(C)n2c1NCC1CCCCC1. The molecule has 0 aromatic carbocycles. The Morgan fingerprint density at radius 2 is 2.08 bits per heavy atom. The molecule has 0 saturated heterocycles. The van der Waals surface area contributed by atoms with E-state index in [4.69, 9.17) is 11.4 Å². The molecule has 4 rings (SSSR count). The maximum absolute atomic E-state index is 5.72. The van der Waals surface area contributed by atoms with Crippen molar-refractivity contribution in [1.29, 1.82) is 0 Å². The van der Waals surface area contributed by atoms with Gasteiger partial charge in [-0.2, -0.15) is 0 Å². The molecule has 0 aliphatic heterocycles. The number of pyridine rings is 1. The van der Waals surface area contributed by atoms with Gasteiger partial charge in [0.25, 0.3) is 0 Å². The Morgan fingerprint density at radius 3 is 2.85 bits per heavy atom. The van der Waals surface area contributed by atoms with Gasteiger partial charge in [0.05, 0.1) is 4.88 Å². The van der Waals surface area contributed by atoms with Crippen molar-refractivity contribution in [3.8, 4) is 22.9 Å². The van der Waals surface area contributed by atoms with Gasteiger partial charge in [-0.1, -0.05) is 25.2 Å². The van der Waals surface area contributed by atoms with Gasteiger partial charge < -0.3 is 5.32 Å². The average Bonchev–Trinajstić information content (AvgIpc) is 3.24. The van der Waals surface area contributed by atoms with Crippen LogP contribution in [0.5, 0.6) is 0 Å². The molecule has 3 heterocycles. The molecule has 3 nitrogen and oxygen atoms in total. The summed E-state index contributed by atoms with van der Waals surface area (Å²) in [4.78, 5) is 6.05. The Bertz CT molecular complexity index is 967. The normalized spacial score (nSPS) is 15.3. The molecule has 0 radical (unpaired) electrons. The van der Waals surface area contributed by atoms with Crippen molar-refractivity contribution in [1.82, 2.24) is 9.38 Å². The van der Waals surface area contributed by atoms with Crippen LogP contribution in [0.15, 0.2) is 23.6 Å². The summed E-state index contributed by atoms with van der Waals surface area (Å²) in [6.07, 6.45) is 12.5. The molecule has 1 aliphatic rings. The number of nitrogens with zero attached hydrogens (tertiary/aromatic N) is 2. The topological polar surface area (TPSA) is 29.3 Å². The minimum atomic E-state index is 0.753. The highest BCUT2D eigenvalue weighted by molar-refractivity contribution is 7.13. The van der Waals surface area contributed by atoms with Gasteiger partial charge in [0, 0.05) is 17.8 Å². The van der Waals surface area contributed by atoms with Crippen molar-refractivity contribution in [2.75, 3.05) is 11.9 Å². The predicted molar refractivity (Wildman–Crippen MR) is 111 cm³/mol. The molecule has 3 aromatic rings. The van der Waals surface area contributed by atoms with Crippen LogP contribution in [0, 0.1) is 32.1 Å². The Balaban J connectivity index is 1.79. The third-order valence-corrected chi connectivity index (χ3v) is 6.29. The maximum Gasteiger partial charge on any atom is 0.139 e. The zero-order valence-electron chi connectivity index (χ0n) is 15.5. The highest BCUT2D eigenvalue weighted by Gasteiger charge is 2.20. The molecule has 0 spiro atoms. The molecule has 0 unspecified atom stereocenters. The first-order valence-electron chi connectivity index (χ1n) is 9.45. The summed E-state index contributed by atoms with van der Waals surface area (Å²) in [5.41, 5.74) is 5.32. The number of fused-ring (bicyclic) bond motifs is 1. The number of terminal acetylenes is 1.